The van der Waals surface area contributed by atoms with Crippen LogP contribution in [0.3, 0.4) is 0 Å². The van der Waals surface area contributed by atoms with E-state index < -0.39 is 9.84 Å². The van der Waals surface area contributed by atoms with Gasteiger partial charge < -0.3 is 9.15 Å². The molecule has 0 aliphatic carbocycles. The van der Waals surface area contributed by atoms with E-state index in [2.05, 4.69) is 0 Å². The zero-order valence-corrected chi connectivity index (χ0v) is 11.2. The van der Waals surface area contributed by atoms with E-state index in [1.807, 2.05) is 6.07 Å². The Morgan fingerprint density at radius 1 is 1.47 bits per heavy atom. The average Bonchev–Trinajstić information content (AvgIpc) is 2.76. The second-order valence-electron chi connectivity index (χ2n) is 3.92. The lowest BCUT2D eigenvalue weighted by atomic mass is 10.2. The minimum atomic E-state index is -3.56. The summed E-state index contributed by atoms with van der Waals surface area (Å²) >= 11 is 0. The third-order valence-corrected chi connectivity index (χ3v) is 3.54. The third-order valence-electron chi connectivity index (χ3n) is 2.53. The normalized spacial score (nSPS) is 12.4. The summed E-state index contributed by atoms with van der Waals surface area (Å²) in [4.78, 5) is -0.342. The van der Waals surface area contributed by atoms with Gasteiger partial charge in [0.15, 0.2) is 21.2 Å². The maximum atomic E-state index is 11.3. The van der Waals surface area contributed by atoms with Crippen LogP contribution in [0.15, 0.2) is 33.6 Å². The molecule has 19 heavy (non-hydrogen) atoms. The van der Waals surface area contributed by atoms with Crippen molar-refractivity contribution in [2.24, 2.45) is 0 Å². The number of fused-ring (bicyclic) bond motifs is 1. The summed E-state index contributed by atoms with van der Waals surface area (Å²) in [6.07, 6.45) is 2.18. The summed E-state index contributed by atoms with van der Waals surface area (Å²) in [5.41, 5.74) is 0.516. The highest BCUT2D eigenvalue weighted by Crippen LogP contribution is 2.29. The van der Waals surface area contributed by atoms with Gasteiger partial charge in [0.2, 0.25) is 0 Å². The lowest BCUT2D eigenvalue weighted by Gasteiger charge is -1.98. The summed E-state index contributed by atoms with van der Waals surface area (Å²) in [5.74, 6) is 0.844. The van der Waals surface area contributed by atoms with Gasteiger partial charge in [0.1, 0.15) is 16.7 Å². The number of nitriles is 1. The van der Waals surface area contributed by atoms with Crippen LogP contribution in [-0.4, -0.2) is 21.8 Å². The molecule has 0 spiro atoms. The van der Waals surface area contributed by atoms with Crippen molar-refractivity contribution in [1.29, 1.82) is 5.26 Å². The molecule has 6 heteroatoms. The van der Waals surface area contributed by atoms with Crippen molar-refractivity contribution in [2.45, 2.75) is 0 Å². The molecule has 1 aromatic carbocycles. The number of furan rings is 1. The zero-order valence-electron chi connectivity index (χ0n) is 10.4. The van der Waals surface area contributed by atoms with Gasteiger partial charge in [0.05, 0.1) is 7.11 Å². The fourth-order valence-electron chi connectivity index (χ4n) is 1.64. The molecule has 0 saturated heterocycles. The van der Waals surface area contributed by atoms with E-state index in [1.165, 1.54) is 13.2 Å². The number of methoxy groups -OCH3 is 1. The number of benzene rings is 1. The first-order valence-electron chi connectivity index (χ1n) is 5.34. The first-order valence-corrected chi connectivity index (χ1v) is 7.23. The van der Waals surface area contributed by atoms with Crippen LogP contribution in [0.2, 0.25) is 0 Å². The molecular weight excluding hydrogens is 266 g/mol. The predicted octanol–water partition coefficient (Wildman–Crippen LogP) is 2.35. The number of ether oxygens (including phenoxy) is 1. The monoisotopic (exact) mass is 277 g/mol. The average molecular weight is 277 g/mol. The number of hydrogen-bond donors (Lipinski definition) is 0. The van der Waals surface area contributed by atoms with Gasteiger partial charge in [-0.2, -0.15) is 5.26 Å². The van der Waals surface area contributed by atoms with Crippen molar-refractivity contribution in [3.63, 3.8) is 0 Å². The molecule has 0 aliphatic heterocycles. The maximum Gasteiger partial charge on any atom is 0.185 e. The van der Waals surface area contributed by atoms with Crippen molar-refractivity contribution < 1.29 is 17.6 Å². The molecule has 2 rings (SSSR count). The zero-order chi connectivity index (χ0) is 14.0. The summed E-state index contributed by atoms with van der Waals surface area (Å²) < 4.78 is 33.3. The second kappa shape index (κ2) is 4.78. The molecule has 0 aliphatic rings. The fourth-order valence-corrected chi connectivity index (χ4v) is 2.14. The Balaban J connectivity index is 2.60. The Kier molecular flexibility index (Phi) is 3.32. The van der Waals surface area contributed by atoms with Gasteiger partial charge in [-0.3, -0.25) is 0 Å². The van der Waals surface area contributed by atoms with Crippen LogP contribution in [0.5, 0.6) is 5.75 Å². The van der Waals surface area contributed by atoms with Crippen LogP contribution in [-0.2, 0) is 9.84 Å². The highest BCUT2D eigenvalue weighted by molar-refractivity contribution is 7.95. The summed E-state index contributed by atoms with van der Waals surface area (Å²) in [6.45, 7) is 0. The van der Waals surface area contributed by atoms with Gasteiger partial charge >= 0.3 is 0 Å². The Labute approximate surface area is 110 Å². The molecular formula is C13H11NO4S. The van der Waals surface area contributed by atoms with Crippen LogP contribution in [0, 0.1) is 11.3 Å². The highest BCUT2D eigenvalue weighted by atomic mass is 32.2. The van der Waals surface area contributed by atoms with Gasteiger partial charge in [-0.1, -0.05) is 12.1 Å². The minimum Gasteiger partial charge on any atom is -0.493 e. The largest absolute Gasteiger partial charge is 0.493 e. The standard InChI is InChI=1S/C13H11NO4S/c1-17-12-5-3-4-9-6-10(18-13(9)12)7-11(8-14)19(2,15)16/h3-7H,1-2H3. The number of nitrogens with zero attached hydrogens (tertiary/aromatic N) is 1. The molecule has 0 bridgehead atoms. The predicted molar refractivity (Wildman–Crippen MR) is 71.2 cm³/mol. The van der Waals surface area contributed by atoms with Crippen LogP contribution >= 0.6 is 0 Å². The number of allylic oxidation sites excluding steroid dienone is 1. The van der Waals surface area contributed by atoms with E-state index in [-0.39, 0.29) is 4.91 Å². The molecule has 0 saturated carbocycles. The number of rotatable bonds is 3. The number of hydrogen-bond acceptors (Lipinski definition) is 5. The Hall–Kier alpha value is -2.26. The molecule has 5 nitrogen and oxygen atoms in total. The number of para-hydroxylation sites is 1. The third kappa shape index (κ3) is 2.61. The molecule has 1 heterocycles. The van der Waals surface area contributed by atoms with Crippen LogP contribution in [0.1, 0.15) is 5.76 Å². The van der Waals surface area contributed by atoms with Gasteiger partial charge in [-0.25, -0.2) is 8.42 Å². The van der Waals surface area contributed by atoms with Crippen molar-refractivity contribution >= 4 is 26.9 Å². The van der Waals surface area contributed by atoms with Crippen molar-refractivity contribution in [3.8, 4) is 11.8 Å². The first-order chi connectivity index (χ1) is 8.95. The van der Waals surface area contributed by atoms with Gasteiger partial charge in [-0.05, 0) is 12.1 Å². The summed E-state index contributed by atoms with van der Waals surface area (Å²) in [5, 5.41) is 9.61. The molecule has 98 valence electrons. The Bertz CT molecular complexity index is 794. The molecule has 0 atom stereocenters. The SMILES string of the molecule is COc1cccc2cc(C=C(C#N)S(C)(=O)=O)oc12. The minimum absolute atomic E-state index is 0.293. The summed E-state index contributed by atoms with van der Waals surface area (Å²) in [7, 11) is -2.04. The van der Waals surface area contributed by atoms with E-state index in [4.69, 9.17) is 14.4 Å². The van der Waals surface area contributed by atoms with E-state index >= 15 is 0 Å². The van der Waals surface area contributed by atoms with E-state index in [0.29, 0.717) is 17.1 Å². The first kappa shape index (κ1) is 13.2. The van der Waals surface area contributed by atoms with Crippen molar-refractivity contribution in [3.05, 3.63) is 34.9 Å². The molecule has 0 fully saturated rings. The maximum absolute atomic E-state index is 11.3. The van der Waals surface area contributed by atoms with Crippen molar-refractivity contribution in [1.82, 2.24) is 0 Å². The van der Waals surface area contributed by atoms with Crippen molar-refractivity contribution in [2.75, 3.05) is 13.4 Å². The molecule has 0 unspecified atom stereocenters. The molecule has 0 amide bonds. The lowest BCUT2D eigenvalue weighted by Crippen LogP contribution is -1.97. The Morgan fingerprint density at radius 3 is 2.79 bits per heavy atom. The van der Waals surface area contributed by atoms with Crippen LogP contribution < -0.4 is 4.74 Å². The van der Waals surface area contributed by atoms with E-state index in [0.717, 1.165) is 11.6 Å². The van der Waals surface area contributed by atoms with Crippen LogP contribution in [0.4, 0.5) is 0 Å². The van der Waals surface area contributed by atoms with Gasteiger partial charge in [-0.15, -0.1) is 0 Å². The van der Waals surface area contributed by atoms with Gasteiger partial charge in [0, 0.05) is 17.7 Å². The fraction of sp³-hybridized carbons (Fsp3) is 0.154. The molecule has 2 aromatic rings. The highest BCUT2D eigenvalue weighted by Gasteiger charge is 2.13. The quantitative estimate of drug-likeness (QED) is 0.804. The number of sulfone groups is 1. The lowest BCUT2D eigenvalue weighted by molar-refractivity contribution is 0.410. The molecule has 0 N–H and O–H groups in total. The summed E-state index contributed by atoms with van der Waals surface area (Å²) in [6, 6.07) is 8.64. The van der Waals surface area contributed by atoms with E-state index in [9.17, 15) is 8.42 Å². The van der Waals surface area contributed by atoms with Crippen LogP contribution in [0.25, 0.3) is 17.0 Å². The molecule has 1 aromatic heterocycles. The second-order valence-corrected chi connectivity index (χ2v) is 5.90. The Morgan fingerprint density at radius 2 is 2.21 bits per heavy atom. The molecule has 0 radical (unpaired) electrons. The topological polar surface area (TPSA) is 80.3 Å². The van der Waals surface area contributed by atoms with Gasteiger partial charge in [0.25, 0.3) is 0 Å². The van der Waals surface area contributed by atoms with E-state index in [1.54, 1.807) is 24.3 Å². The smallest absolute Gasteiger partial charge is 0.185 e.